The quantitative estimate of drug-likeness (QED) is 0.401. The summed E-state index contributed by atoms with van der Waals surface area (Å²) in [6.07, 6.45) is 6.42. The van der Waals surface area contributed by atoms with Crippen molar-refractivity contribution in [2.45, 2.75) is 44.7 Å². The van der Waals surface area contributed by atoms with Crippen LogP contribution >= 0.6 is 0 Å². The third kappa shape index (κ3) is 6.46. The topological polar surface area (TPSA) is 37.4 Å². The van der Waals surface area contributed by atoms with E-state index in [2.05, 4.69) is 67.3 Å². The molecule has 0 amide bonds. The molecule has 3 saturated heterocycles. The van der Waals surface area contributed by atoms with Gasteiger partial charge in [-0.15, -0.1) is 0 Å². The Kier molecular flexibility index (Phi) is 8.83. The van der Waals surface area contributed by atoms with Crippen LogP contribution in [0.25, 0.3) is 0 Å². The highest BCUT2D eigenvalue weighted by Crippen LogP contribution is 2.31. The second-order valence-electron chi connectivity index (χ2n) is 9.99. The van der Waals surface area contributed by atoms with E-state index in [0.717, 1.165) is 44.1 Å². The van der Waals surface area contributed by atoms with Crippen molar-refractivity contribution in [2.75, 3.05) is 73.0 Å². The summed E-state index contributed by atoms with van der Waals surface area (Å²) in [5.41, 5.74) is 1.45. The van der Waals surface area contributed by atoms with Crippen molar-refractivity contribution in [3.05, 3.63) is 35.9 Å². The Morgan fingerprint density at radius 2 is 1.81 bits per heavy atom. The monoisotopic (exact) mass is 440 g/mol. The average molecular weight is 441 g/mol. The molecule has 2 atom stereocenters. The fraction of sp³-hybridized carbons (Fsp3) is 0.731. The molecule has 0 radical (unpaired) electrons. The van der Waals surface area contributed by atoms with Gasteiger partial charge in [0.15, 0.2) is 5.96 Å². The Hall–Kier alpha value is -1.63. The number of aliphatic imine (C=N–C) groups is 1. The number of likely N-dealkylation sites (N-methyl/N-ethyl adjacent to an activating group) is 1. The summed E-state index contributed by atoms with van der Waals surface area (Å²) in [7, 11) is 4.17. The molecule has 0 aliphatic carbocycles. The zero-order chi connectivity index (χ0) is 22.2. The Bertz CT molecular complexity index is 700. The van der Waals surface area contributed by atoms with Crippen LogP contribution in [0.5, 0.6) is 0 Å². The summed E-state index contributed by atoms with van der Waals surface area (Å²) in [6, 6.07) is 11.7. The zero-order valence-corrected chi connectivity index (χ0v) is 20.4. The van der Waals surface area contributed by atoms with Gasteiger partial charge in [0, 0.05) is 65.4 Å². The minimum absolute atomic E-state index is 0.724. The molecule has 0 aromatic heterocycles. The molecule has 3 heterocycles. The Morgan fingerprint density at radius 3 is 2.59 bits per heavy atom. The van der Waals surface area contributed by atoms with Crippen LogP contribution in [0.15, 0.2) is 35.3 Å². The van der Waals surface area contributed by atoms with Gasteiger partial charge in [0.1, 0.15) is 0 Å². The minimum Gasteiger partial charge on any atom is -0.356 e. The smallest absolute Gasteiger partial charge is 0.193 e. The van der Waals surface area contributed by atoms with Gasteiger partial charge in [-0.05, 0) is 63.7 Å². The molecule has 1 N–H and O–H groups in total. The summed E-state index contributed by atoms with van der Waals surface area (Å²) in [5.74, 6) is 1.88. The summed E-state index contributed by atoms with van der Waals surface area (Å²) >= 11 is 0. The SMILES string of the molecule is CN=C(NCCCCN1CCN(C)CC1)N1CCC2C(CCCN2Cc2ccccc2)C1. The van der Waals surface area contributed by atoms with Crippen LogP contribution in [0, 0.1) is 5.92 Å². The van der Waals surface area contributed by atoms with Gasteiger partial charge in [-0.3, -0.25) is 9.89 Å². The van der Waals surface area contributed by atoms with E-state index in [1.54, 1.807) is 0 Å². The molecule has 3 fully saturated rings. The van der Waals surface area contributed by atoms with Crippen LogP contribution in [0.4, 0.5) is 0 Å². The van der Waals surface area contributed by atoms with Crippen molar-refractivity contribution in [3.8, 4) is 0 Å². The van der Waals surface area contributed by atoms with Crippen LogP contribution in [-0.4, -0.2) is 105 Å². The van der Waals surface area contributed by atoms with Gasteiger partial charge in [-0.1, -0.05) is 30.3 Å². The summed E-state index contributed by atoms with van der Waals surface area (Å²) < 4.78 is 0. The second-order valence-corrected chi connectivity index (χ2v) is 9.99. The second kappa shape index (κ2) is 12.0. The van der Waals surface area contributed by atoms with Crippen molar-refractivity contribution >= 4 is 5.96 Å². The predicted molar refractivity (Wildman–Crippen MR) is 134 cm³/mol. The van der Waals surface area contributed by atoms with E-state index in [0.29, 0.717) is 0 Å². The molecule has 0 spiro atoms. The number of rotatable bonds is 7. The van der Waals surface area contributed by atoms with Gasteiger partial charge in [0.2, 0.25) is 0 Å². The van der Waals surface area contributed by atoms with E-state index >= 15 is 0 Å². The summed E-state index contributed by atoms with van der Waals surface area (Å²) in [6.45, 7) is 11.8. The first-order valence-corrected chi connectivity index (χ1v) is 12.9. The molecule has 4 rings (SSSR count). The van der Waals surface area contributed by atoms with E-state index in [-0.39, 0.29) is 0 Å². The lowest BCUT2D eigenvalue weighted by Gasteiger charge is -2.48. The lowest BCUT2D eigenvalue weighted by Crippen LogP contribution is -2.56. The van der Waals surface area contributed by atoms with Crippen molar-refractivity contribution in [1.82, 2.24) is 24.9 Å². The number of unbranched alkanes of at least 4 members (excludes halogenated alkanes) is 1. The number of piperazine rings is 1. The molecule has 2 unspecified atom stereocenters. The molecule has 0 bridgehead atoms. The van der Waals surface area contributed by atoms with Gasteiger partial charge in [-0.2, -0.15) is 0 Å². The summed E-state index contributed by atoms with van der Waals surface area (Å²) in [4.78, 5) is 14.9. The maximum atomic E-state index is 4.63. The molecule has 6 nitrogen and oxygen atoms in total. The van der Waals surface area contributed by atoms with Gasteiger partial charge < -0.3 is 20.0 Å². The first-order chi connectivity index (χ1) is 15.7. The van der Waals surface area contributed by atoms with E-state index in [4.69, 9.17) is 0 Å². The average Bonchev–Trinajstić information content (AvgIpc) is 2.83. The van der Waals surface area contributed by atoms with E-state index < -0.39 is 0 Å². The van der Waals surface area contributed by atoms with Crippen LogP contribution in [0.2, 0.25) is 0 Å². The maximum Gasteiger partial charge on any atom is 0.193 e. The van der Waals surface area contributed by atoms with E-state index in [9.17, 15) is 0 Å². The van der Waals surface area contributed by atoms with Crippen LogP contribution < -0.4 is 5.32 Å². The first-order valence-electron chi connectivity index (χ1n) is 12.9. The fourth-order valence-corrected chi connectivity index (χ4v) is 5.78. The predicted octanol–water partition coefficient (Wildman–Crippen LogP) is 2.58. The standard InChI is InChI=1S/C26H44N6/c1-27-26(28-13-6-7-14-30-19-17-29(2)18-20-30)32-16-12-25-24(22-32)11-8-15-31(25)21-23-9-4-3-5-10-23/h3-5,9-10,24-25H,6-8,11-22H2,1-2H3,(H,27,28). The number of nitrogens with one attached hydrogen (secondary N) is 1. The number of guanidine groups is 1. The molecular weight excluding hydrogens is 396 g/mol. The third-order valence-electron chi connectivity index (χ3n) is 7.70. The number of benzene rings is 1. The molecule has 0 saturated carbocycles. The van der Waals surface area contributed by atoms with Crippen molar-refractivity contribution < 1.29 is 0 Å². The number of nitrogens with zero attached hydrogens (tertiary/aromatic N) is 5. The van der Waals surface area contributed by atoms with Crippen molar-refractivity contribution in [2.24, 2.45) is 10.9 Å². The van der Waals surface area contributed by atoms with Gasteiger partial charge in [0.25, 0.3) is 0 Å². The molecule has 3 aliphatic heterocycles. The highest BCUT2D eigenvalue weighted by molar-refractivity contribution is 5.80. The molecule has 1 aromatic rings. The largest absolute Gasteiger partial charge is 0.356 e. The molecule has 1 aromatic carbocycles. The Labute approximate surface area is 195 Å². The highest BCUT2D eigenvalue weighted by atomic mass is 15.3. The molecule has 6 heteroatoms. The number of piperidine rings is 2. The molecule has 32 heavy (non-hydrogen) atoms. The molecular formula is C26H44N6. The van der Waals surface area contributed by atoms with Gasteiger partial charge >= 0.3 is 0 Å². The normalized spacial score (nSPS) is 26.2. The molecule has 178 valence electrons. The number of fused-ring (bicyclic) bond motifs is 1. The van der Waals surface area contributed by atoms with E-state index in [1.807, 2.05) is 7.05 Å². The maximum absolute atomic E-state index is 4.63. The van der Waals surface area contributed by atoms with Crippen LogP contribution in [0.1, 0.15) is 37.7 Å². The highest BCUT2D eigenvalue weighted by Gasteiger charge is 2.36. The summed E-state index contributed by atoms with van der Waals surface area (Å²) in [5, 5.41) is 3.67. The third-order valence-corrected chi connectivity index (χ3v) is 7.70. The minimum atomic E-state index is 0.724. The first kappa shape index (κ1) is 23.5. The Morgan fingerprint density at radius 1 is 1.00 bits per heavy atom. The lowest BCUT2D eigenvalue weighted by atomic mass is 9.83. The fourth-order valence-electron chi connectivity index (χ4n) is 5.78. The number of hydrogen-bond donors (Lipinski definition) is 1. The van der Waals surface area contributed by atoms with Crippen LogP contribution in [0.3, 0.4) is 0 Å². The molecule has 3 aliphatic rings. The Balaban J connectivity index is 1.19. The number of likely N-dealkylation sites (tertiary alicyclic amines) is 2. The van der Waals surface area contributed by atoms with E-state index in [1.165, 1.54) is 76.9 Å². The zero-order valence-electron chi connectivity index (χ0n) is 20.4. The van der Waals surface area contributed by atoms with Crippen LogP contribution in [-0.2, 0) is 6.54 Å². The van der Waals surface area contributed by atoms with Crippen molar-refractivity contribution in [3.63, 3.8) is 0 Å². The van der Waals surface area contributed by atoms with Gasteiger partial charge in [-0.25, -0.2) is 0 Å². The van der Waals surface area contributed by atoms with Crippen molar-refractivity contribution in [1.29, 1.82) is 0 Å². The van der Waals surface area contributed by atoms with Gasteiger partial charge in [0.05, 0.1) is 0 Å². The number of hydrogen-bond acceptors (Lipinski definition) is 4. The lowest BCUT2D eigenvalue weighted by molar-refractivity contribution is 0.0372.